The highest BCUT2D eigenvalue weighted by atomic mass is 16.5. The van der Waals surface area contributed by atoms with Crippen LogP contribution in [0.4, 0.5) is 0 Å². The molecule has 0 bridgehead atoms. The predicted octanol–water partition coefficient (Wildman–Crippen LogP) is 33.8. The molecule has 0 aliphatic rings. The van der Waals surface area contributed by atoms with Crippen molar-refractivity contribution < 1.29 is 13.8 Å². The van der Waals surface area contributed by atoms with E-state index in [1.165, 1.54) is 50.9 Å². The van der Waals surface area contributed by atoms with Gasteiger partial charge >= 0.3 is 0 Å². The van der Waals surface area contributed by atoms with E-state index in [1.807, 2.05) is 278 Å². The second-order valence-electron chi connectivity index (χ2n) is 26.4. The summed E-state index contributed by atoms with van der Waals surface area (Å²) in [5.74, 6) is 6.85. The van der Waals surface area contributed by atoms with Crippen molar-refractivity contribution in [3.05, 3.63) is 313 Å². The molecule has 5 aromatic heterocycles. The lowest BCUT2D eigenvalue weighted by Crippen LogP contribution is -1.95. The Hall–Kier alpha value is -9.79. The Morgan fingerprint density at radius 1 is 0.233 bits per heavy atom. The number of methoxy groups -OCH3 is 1. The third-order valence-corrected chi connectivity index (χ3v) is 14.6. The number of ether oxygens (including phenoxy) is 1. The van der Waals surface area contributed by atoms with Gasteiger partial charge in [0.2, 0.25) is 0 Å². The van der Waals surface area contributed by atoms with Crippen LogP contribution in [-0.2, 0) is 38.5 Å². The number of pyridine rings is 3. The summed E-state index contributed by atoms with van der Waals surface area (Å²) < 4.78 is 15.4. The Morgan fingerprint density at radius 3 is 0.836 bits per heavy atom. The minimum atomic E-state index is 0.578. The topological polar surface area (TPSA) is 100.0 Å². The van der Waals surface area contributed by atoms with Crippen LogP contribution in [0.3, 0.4) is 0 Å². The number of rotatable bonds is 18. The fourth-order valence-electron chi connectivity index (χ4n) is 10.2. The van der Waals surface area contributed by atoms with Crippen molar-refractivity contribution in [3.63, 3.8) is 0 Å². The fourth-order valence-corrected chi connectivity index (χ4v) is 10.2. The first-order valence-electron chi connectivity index (χ1n) is 44.2. The van der Waals surface area contributed by atoms with Crippen molar-refractivity contribution in [2.24, 2.45) is 35.5 Å². The fraction of sp³-hybridized carbons (Fsp3) is 0.417. The summed E-state index contributed by atoms with van der Waals surface area (Å²) in [4.78, 5) is 13.1. The molecule has 0 N–H and O–H groups in total. The van der Waals surface area contributed by atoms with E-state index in [-0.39, 0.29) is 0 Å². The number of para-hydroxylation sites is 1. The van der Waals surface area contributed by atoms with Gasteiger partial charge in [-0.2, -0.15) is 0 Å². The maximum Gasteiger partial charge on any atom is 0.137 e. The molecule has 0 saturated heterocycles. The highest BCUT2D eigenvalue weighted by molar-refractivity contribution is 5.64. The lowest BCUT2D eigenvalue weighted by atomic mass is 9.99. The number of nitrogens with zero attached hydrogens (tertiary/aromatic N) is 5. The van der Waals surface area contributed by atoms with Gasteiger partial charge in [-0.25, -0.2) is 0 Å². The molecule has 12 aromatic rings. The van der Waals surface area contributed by atoms with E-state index in [4.69, 9.17) is 13.8 Å². The molecule has 0 spiro atoms. The Kier molecular flexibility index (Phi) is 79.5. The van der Waals surface area contributed by atoms with Crippen LogP contribution in [0, 0.1) is 35.5 Å². The summed E-state index contributed by atoms with van der Waals surface area (Å²) >= 11 is 0. The van der Waals surface area contributed by atoms with E-state index in [9.17, 15) is 0 Å². The van der Waals surface area contributed by atoms with Gasteiger partial charge in [-0.05, 0) is 137 Å². The van der Waals surface area contributed by atoms with E-state index in [0.29, 0.717) is 23.7 Å². The second kappa shape index (κ2) is 80.4. The SMILES string of the molecule is CC.CC.CC.CC.CC.CC.CC.CC.CC.CC.CC(C)Cc1cc(-c2ccccc2)no1.CC(C)Cc1cc(-c2ccccn2)no1.CC(C)Cc1ccc(-c2ccccc2)cc1.CC(C)Cc1ccc(-c2ccccc2)nc1.CC(C)Cc1ccc(-c2ccccn2)cc1.CC(C)Cc1ccccc1.COc1ccccc1. The normalized spacial score (nSPS) is 9.23. The molecule has 0 aliphatic heterocycles. The van der Waals surface area contributed by atoms with E-state index in [2.05, 4.69) is 242 Å². The van der Waals surface area contributed by atoms with Gasteiger partial charge in [0, 0.05) is 60.3 Å². The number of benzene rings is 7. The van der Waals surface area contributed by atoms with E-state index in [1.54, 1.807) is 13.3 Å². The van der Waals surface area contributed by atoms with Crippen LogP contribution < -0.4 is 4.74 Å². The summed E-state index contributed by atoms with van der Waals surface area (Å²) in [5.41, 5.74) is 16.3. The van der Waals surface area contributed by atoms with Crippen molar-refractivity contribution in [1.29, 1.82) is 0 Å². The zero-order valence-corrected chi connectivity index (χ0v) is 79.2. The highest BCUT2D eigenvalue weighted by Gasteiger charge is 2.10. The second-order valence-corrected chi connectivity index (χ2v) is 26.4. The first kappa shape index (κ1) is 115. The molecule has 8 nitrogen and oxygen atoms in total. The van der Waals surface area contributed by atoms with E-state index < -0.39 is 0 Å². The highest BCUT2D eigenvalue weighted by Crippen LogP contribution is 2.24. The Balaban J connectivity index is -0.000000401. The van der Waals surface area contributed by atoms with Crippen molar-refractivity contribution in [1.82, 2.24) is 25.3 Å². The Labute approximate surface area is 712 Å². The van der Waals surface area contributed by atoms with Crippen LogP contribution >= 0.6 is 0 Å². The molecule has 0 atom stereocenters. The number of hydrogen-bond acceptors (Lipinski definition) is 8. The minimum absolute atomic E-state index is 0.578. The Bertz CT molecular complexity index is 3580. The van der Waals surface area contributed by atoms with Crippen LogP contribution in [0.2, 0.25) is 0 Å². The average molecular weight is 1580 g/mol. The van der Waals surface area contributed by atoms with Crippen LogP contribution in [0.25, 0.3) is 56.3 Å². The van der Waals surface area contributed by atoms with Crippen LogP contribution in [0.5, 0.6) is 5.75 Å². The minimum Gasteiger partial charge on any atom is -0.497 e. The van der Waals surface area contributed by atoms with Gasteiger partial charge in [0.25, 0.3) is 0 Å². The van der Waals surface area contributed by atoms with Crippen molar-refractivity contribution in [2.45, 2.75) is 260 Å². The van der Waals surface area contributed by atoms with Gasteiger partial charge in [-0.1, -0.05) is 438 Å². The molecule has 7 aromatic carbocycles. The summed E-state index contributed by atoms with van der Waals surface area (Å²) in [7, 11) is 1.66. The molecule has 0 saturated carbocycles. The van der Waals surface area contributed by atoms with Gasteiger partial charge in [-0.3, -0.25) is 15.0 Å². The summed E-state index contributed by atoms with van der Waals surface area (Å²) in [5, 5.41) is 8.07. The molecule has 0 radical (unpaired) electrons. The molecule has 12 rings (SSSR count). The third-order valence-electron chi connectivity index (χ3n) is 14.6. The molecule has 638 valence electrons. The summed E-state index contributed by atoms with van der Waals surface area (Å²) in [6, 6.07) is 88.8. The predicted molar refractivity (Wildman–Crippen MR) is 517 cm³/mol. The molecule has 116 heavy (non-hydrogen) atoms. The molecule has 0 fully saturated rings. The monoisotopic (exact) mass is 1580 g/mol. The lowest BCUT2D eigenvalue weighted by Gasteiger charge is -2.06. The third kappa shape index (κ3) is 56.5. The van der Waals surface area contributed by atoms with Crippen molar-refractivity contribution in [2.75, 3.05) is 7.11 Å². The zero-order chi connectivity index (χ0) is 88.7. The van der Waals surface area contributed by atoms with Gasteiger partial charge in [0.15, 0.2) is 0 Å². The zero-order valence-electron chi connectivity index (χ0n) is 79.2. The van der Waals surface area contributed by atoms with Crippen molar-refractivity contribution in [3.8, 4) is 62.0 Å². The standard InChI is InChI=1S/C16H18.2C15H17N.C13H15NO.C12H14N2O.C10H14.C7H8O.10C2H6/c1-13(2)12-14-8-10-16(11-9-14)15-6-4-3-5-7-15;1-12(2)11-13-6-8-14(9-7-13)15-5-3-4-10-16-15;1-12(2)10-13-8-9-15(16-11-13)14-6-4-3-5-7-14;1-10(2)8-12-9-13(14-15-12)11-6-4-3-5-7-11;1-9(2)7-10-8-12(14-15-10)11-5-3-4-6-13-11;1-9(2)8-10-6-4-3-5-7-10;1-8-7-5-3-2-4-6-7;10*1-2/h3-11,13H,12H2,1-2H3;3-10,12H,11H2,1-2H3;3-9,11-12H,10H2,1-2H3;3-7,9-10H,8H2,1-2H3;3-6,8-9H,7H2,1-2H3;3-7,9H,8H2,1-2H3;2-6H,1H3;10*1-2H3. The first-order chi connectivity index (χ1) is 56.5. The first-order valence-corrected chi connectivity index (χ1v) is 44.2. The molecule has 5 heterocycles. The van der Waals surface area contributed by atoms with Crippen LogP contribution in [0.15, 0.2) is 288 Å². The largest absolute Gasteiger partial charge is 0.497 e. The molecular formula is C108H163N5O3. The quantitative estimate of drug-likeness (QED) is 0.0838. The van der Waals surface area contributed by atoms with Gasteiger partial charge in [-0.15, -0.1) is 0 Å². The number of aromatic nitrogens is 5. The lowest BCUT2D eigenvalue weighted by molar-refractivity contribution is 0.370. The molecule has 8 heteroatoms. The smallest absolute Gasteiger partial charge is 0.137 e. The molecule has 0 aliphatic carbocycles. The Morgan fingerprint density at radius 2 is 0.500 bits per heavy atom. The van der Waals surface area contributed by atoms with Gasteiger partial charge in [0.05, 0.1) is 24.2 Å². The van der Waals surface area contributed by atoms with Gasteiger partial charge < -0.3 is 13.8 Å². The van der Waals surface area contributed by atoms with E-state index >= 15 is 0 Å². The van der Waals surface area contributed by atoms with E-state index in [0.717, 1.165) is 95.2 Å². The molecular weight excluding hydrogens is 1420 g/mol. The van der Waals surface area contributed by atoms with Crippen molar-refractivity contribution >= 4 is 0 Å². The summed E-state index contributed by atoms with van der Waals surface area (Å²) in [6.07, 6.45) is 12.0. The average Bonchev–Trinajstić information content (AvgIpc) is 1.61. The molecule has 0 amide bonds. The van der Waals surface area contributed by atoms with Gasteiger partial charge in [0.1, 0.15) is 28.7 Å². The maximum atomic E-state index is 5.28. The van der Waals surface area contributed by atoms with Crippen LogP contribution in [-0.4, -0.2) is 32.4 Å². The maximum absolute atomic E-state index is 5.28. The number of hydrogen-bond donors (Lipinski definition) is 0. The summed E-state index contributed by atoms with van der Waals surface area (Å²) in [6.45, 7) is 66.6. The van der Waals surface area contributed by atoms with Crippen LogP contribution in [0.1, 0.15) is 255 Å². The molecule has 0 unspecified atom stereocenters.